The van der Waals surface area contributed by atoms with Crippen molar-refractivity contribution in [2.24, 2.45) is 0 Å². The molecular weight excluding hydrogens is 224 g/mol. The Morgan fingerprint density at radius 1 is 1.65 bits per heavy atom. The molecule has 0 saturated carbocycles. The monoisotopic (exact) mass is 236 g/mol. The molecule has 0 bridgehead atoms. The van der Waals surface area contributed by atoms with Gasteiger partial charge in [-0.05, 0) is 6.07 Å². The number of ether oxygens (including phenoxy) is 1. The fourth-order valence-electron chi connectivity index (χ4n) is 1.46. The number of aromatic carboxylic acids is 1. The van der Waals surface area contributed by atoms with Crippen molar-refractivity contribution in [2.45, 2.75) is 0 Å². The van der Waals surface area contributed by atoms with E-state index in [2.05, 4.69) is 15.4 Å². The highest BCUT2D eigenvalue weighted by Crippen LogP contribution is 2.13. The van der Waals surface area contributed by atoms with Crippen molar-refractivity contribution < 1.29 is 14.6 Å². The standard InChI is InChI=1S/C10H12N4O3/c1-17-5-4-11-8-2-3-12-9-7(10(15)16)6-13-14(8)9/h2-3,6,11H,4-5H2,1H3,(H,15,16). The molecule has 2 rings (SSSR count). The van der Waals surface area contributed by atoms with Crippen molar-refractivity contribution in [3.05, 3.63) is 24.0 Å². The Bertz CT molecular complexity index is 537. The van der Waals surface area contributed by atoms with Crippen molar-refractivity contribution in [1.82, 2.24) is 14.6 Å². The highest BCUT2D eigenvalue weighted by atomic mass is 16.5. The van der Waals surface area contributed by atoms with Crippen LogP contribution >= 0.6 is 0 Å². The van der Waals surface area contributed by atoms with Gasteiger partial charge in [-0.3, -0.25) is 0 Å². The third kappa shape index (κ3) is 2.18. The lowest BCUT2D eigenvalue weighted by Gasteiger charge is -2.06. The van der Waals surface area contributed by atoms with Crippen molar-refractivity contribution in [3.63, 3.8) is 0 Å². The Balaban J connectivity index is 2.34. The van der Waals surface area contributed by atoms with Crippen LogP contribution < -0.4 is 5.32 Å². The van der Waals surface area contributed by atoms with E-state index in [1.54, 1.807) is 19.4 Å². The summed E-state index contributed by atoms with van der Waals surface area (Å²) < 4.78 is 6.37. The molecule has 7 nitrogen and oxygen atoms in total. The van der Waals surface area contributed by atoms with Crippen LogP contribution in [0.25, 0.3) is 5.65 Å². The smallest absolute Gasteiger partial charge is 0.341 e. The number of hydrogen-bond donors (Lipinski definition) is 2. The molecule has 0 spiro atoms. The minimum atomic E-state index is -1.04. The summed E-state index contributed by atoms with van der Waals surface area (Å²) in [6.45, 7) is 1.16. The van der Waals surface area contributed by atoms with Crippen molar-refractivity contribution in [3.8, 4) is 0 Å². The number of hydrogen-bond acceptors (Lipinski definition) is 5. The number of nitrogens with zero attached hydrogens (tertiary/aromatic N) is 3. The van der Waals surface area contributed by atoms with Gasteiger partial charge in [0, 0.05) is 19.9 Å². The zero-order valence-electron chi connectivity index (χ0n) is 9.25. The second-order valence-corrected chi connectivity index (χ2v) is 3.35. The van der Waals surface area contributed by atoms with Crippen molar-refractivity contribution >= 4 is 17.4 Å². The number of rotatable bonds is 5. The molecule has 90 valence electrons. The van der Waals surface area contributed by atoms with Crippen LogP contribution in [-0.2, 0) is 4.74 Å². The lowest BCUT2D eigenvalue weighted by Crippen LogP contribution is -2.11. The summed E-state index contributed by atoms with van der Waals surface area (Å²) in [4.78, 5) is 14.9. The molecule has 0 amide bonds. The topological polar surface area (TPSA) is 88.8 Å². The van der Waals surface area contributed by atoms with E-state index in [-0.39, 0.29) is 5.56 Å². The summed E-state index contributed by atoms with van der Waals surface area (Å²) in [5.74, 6) is -0.360. The lowest BCUT2D eigenvalue weighted by atomic mass is 10.3. The molecular formula is C10H12N4O3. The molecule has 0 saturated heterocycles. The second-order valence-electron chi connectivity index (χ2n) is 3.35. The molecule has 0 aliphatic heterocycles. The fourth-order valence-corrected chi connectivity index (χ4v) is 1.46. The van der Waals surface area contributed by atoms with Gasteiger partial charge in [0.2, 0.25) is 0 Å². The Morgan fingerprint density at radius 2 is 2.47 bits per heavy atom. The summed E-state index contributed by atoms with van der Waals surface area (Å²) in [6.07, 6.45) is 2.82. The maximum Gasteiger partial charge on any atom is 0.341 e. The largest absolute Gasteiger partial charge is 0.477 e. The molecule has 0 aromatic carbocycles. The molecule has 17 heavy (non-hydrogen) atoms. The predicted octanol–water partition coefficient (Wildman–Crippen LogP) is 0.486. The maximum absolute atomic E-state index is 10.9. The normalized spacial score (nSPS) is 10.6. The number of methoxy groups -OCH3 is 1. The molecule has 0 atom stereocenters. The molecule has 0 fully saturated rings. The SMILES string of the molecule is COCCNc1ccnc2c(C(=O)O)cnn12. The average molecular weight is 236 g/mol. The lowest BCUT2D eigenvalue weighted by molar-refractivity contribution is 0.0699. The Hall–Kier alpha value is -2.15. The van der Waals surface area contributed by atoms with Crippen LogP contribution in [0.2, 0.25) is 0 Å². The molecule has 2 aromatic rings. The summed E-state index contributed by atoms with van der Waals surface area (Å²) in [5, 5.41) is 16.0. The van der Waals surface area contributed by atoms with E-state index in [1.165, 1.54) is 10.7 Å². The van der Waals surface area contributed by atoms with Crippen LogP contribution in [0.15, 0.2) is 18.5 Å². The fraction of sp³-hybridized carbons (Fsp3) is 0.300. The van der Waals surface area contributed by atoms with Crippen LogP contribution in [0.1, 0.15) is 10.4 Å². The predicted molar refractivity (Wildman–Crippen MR) is 60.3 cm³/mol. The Labute approximate surface area is 97.0 Å². The molecule has 0 aliphatic carbocycles. The van der Waals surface area contributed by atoms with Gasteiger partial charge in [-0.2, -0.15) is 9.61 Å². The van der Waals surface area contributed by atoms with Gasteiger partial charge >= 0.3 is 5.97 Å². The van der Waals surface area contributed by atoms with Gasteiger partial charge in [-0.1, -0.05) is 0 Å². The van der Waals surface area contributed by atoms with Gasteiger partial charge in [-0.15, -0.1) is 0 Å². The minimum absolute atomic E-state index is 0.0837. The number of aromatic nitrogens is 3. The van der Waals surface area contributed by atoms with E-state index in [4.69, 9.17) is 9.84 Å². The first-order valence-corrected chi connectivity index (χ1v) is 5.03. The van der Waals surface area contributed by atoms with Crippen LogP contribution in [0.5, 0.6) is 0 Å². The van der Waals surface area contributed by atoms with Gasteiger partial charge in [0.05, 0.1) is 12.8 Å². The number of fused-ring (bicyclic) bond motifs is 1. The van der Waals surface area contributed by atoms with E-state index in [0.29, 0.717) is 24.6 Å². The number of carboxylic acids is 1. The zero-order valence-corrected chi connectivity index (χ0v) is 9.25. The Kier molecular flexibility index (Phi) is 3.20. The molecule has 0 unspecified atom stereocenters. The highest BCUT2D eigenvalue weighted by molar-refractivity contribution is 5.94. The summed E-state index contributed by atoms with van der Waals surface area (Å²) >= 11 is 0. The average Bonchev–Trinajstić information content (AvgIpc) is 2.74. The maximum atomic E-state index is 10.9. The van der Waals surface area contributed by atoms with Gasteiger partial charge in [0.25, 0.3) is 0 Å². The van der Waals surface area contributed by atoms with Gasteiger partial charge < -0.3 is 15.2 Å². The highest BCUT2D eigenvalue weighted by Gasteiger charge is 2.13. The molecule has 2 aromatic heterocycles. The van der Waals surface area contributed by atoms with Gasteiger partial charge in [0.15, 0.2) is 5.65 Å². The first-order valence-electron chi connectivity index (χ1n) is 5.03. The second kappa shape index (κ2) is 4.79. The number of nitrogens with one attached hydrogen (secondary N) is 1. The first kappa shape index (κ1) is 11.3. The molecule has 2 N–H and O–H groups in total. The summed E-state index contributed by atoms with van der Waals surface area (Å²) in [6, 6.07) is 1.72. The van der Waals surface area contributed by atoms with Crippen LogP contribution in [0, 0.1) is 0 Å². The van der Waals surface area contributed by atoms with Gasteiger partial charge in [-0.25, -0.2) is 9.78 Å². The van der Waals surface area contributed by atoms with Crippen molar-refractivity contribution in [1.29, 1.82) is 0 Å². The van der Waals surface area contributed by atoms with E-state index in [1.807, 2.05) is 0 Å². The van der Waals surface area contributed by atoms with Crippen LogP contribution in [0.3, 0.4) is 0 Å². The Morgan fingerprint density at radius 3 is 3.18 bits per heavy atom. The molecule has 2 heterocycles. The van der Waals surface area contributed by atoms with E-state index >= 15 is 0 Å². The summed E-state index contributed by atoms with van der Waals surface area (Å²) in [7, 11) is 1.61. The van der Waals surface area contributed by atoms with E-state index < -0.39 is 5.97 Å². The number of anilines is 1. The number of carboxylic acid groups (broad SMARTS) is 1. The van der Waals surface area contributed by atoms with E-state index in [0.717, 1.165) is 0 Å². The third-order valence-corrected chi connectivity index (χ3v) is 2.24. The van der Waals surface area contributed by atoms with Crippen LogP contribution in [0.4, 0.5) is 5.82 Å². The van der Waals surface area contributed by atoms with Crippen molar-refractivity contribution in [2.75, 3.05) is 25.6 Å². The van der Waals surface area contributed by atoms with E-state index in [9.17, 15) is 4.79 Å². The molecule has 7 heteroatoms. The third-order valence-electron chi connectivity index (χ3n) is 2.24. The summed E-state index contributed by atoms with van der Waals surface area (Å²) in [5.41, 5.74) is 0.403. The van der Waals surface area contributed by atoms with Gasteiger partial charge in [0.1, 0.15) is 11.4 Å². The molecule has 0 aliphatic rings. The zero-order chi connectivity index (χ0) is 12.3. The molecule has 0 radical (unpaired) electrons. The first-order chi connectivity index (χ1) is 8.24. The quantitative estimate of drug-likeness (QED) is 0.734. The number of carbonyl (C=O) groups is 1. The van der Waals surface area contributed by atoms with Crippen LogP contribution in [-0.4, -0.2) is 45.9 Å². The minimum Gasteiger partial charge on any atom is -0.477 e.